The number of carbonyl (C=O) groups is 1. The van der Waals surface area contributed by atoms with Gasteiger partial charge in [-0.25, -0.2) is 0 Å². The molecule has 0 aliphatic heterocycles. The van der Waals surface area contributed by atoms with Crippen molar-refractivity contribution in [3.05, 3.63) is 64.2 Å². The fourth-order valence-corrected chi connectivity index (χ4v) is 3.09. The molecule has 0 fully saturated rings. The summed E-state index contributed by atoms with van der Waals surface area (Å²) in [5.41, 5.74) is 7.79. The second kappa shape index (κ2) is 5.96. The summed E-state index contributed by atoms with van der Waals surface area (Å²) < 4.78 is 0. The Morgan fingerprint density at radius 3 is 2.55 bits per heavy atom. The van der Waals surface area contributed by atoms with Crippen LogP contribution >= 0.6 is 0 Å². The fourth-order valence-electron chi connectivity index (χ4n) is 3.09. The monoisotopic (exact) mass is 293 g/mol. The second-order valence-electron chi connectivity index (χ2n) is 6.44. The van der Waals surface area contributed by atoms with Crippen molar-refractivity contribution >= 4 is 11.5 Å². The van der Waals surface area contributed by atoms with Crippen LogP contribution in [-0.4, -0.2) is 12.8 Å². The Morgan fingerprint density at radius 1 is 0.955 bits per heavy atom. The molecule has 22 heavy (non-hydrogen) atoms. The van der Waals surface area contributed by atoms with Gasteiger partial charge in [-0.3, -0.25) is 4.79 Å². The minimum absolute atomic E-state index is 0.368. The molecule has 3 rings (SSSR count). The molecule has 2 nitrogen and oxygen atoms in total. The number of carbonyl (C=O) groups excluding carboxylic acids is 1. The van der Waals surface area contributed by atoms with Crippen molar-refractivity contribution in [1.82, 2.24) is 0 Å². The van der Waals surface area contributed by atoms with E-state index >= 15 is 0 Å². The molecule has 0 saturated heterocycles. The predicted molar refractivity (Wildman–Crippen MR) is 91.5 cm³/mol. The topological polar surface area (TPSA) is 20.3 Å². The van der Waals surface area contributed by atoms with Crippen molar-refractivity contribution in [2.45, 2.75) is 39.7 Å². The van der Waals surface area contributed by atoms with Gasteiger partial charge < -0.3 is 4.90 Å². The summed E-state index contributed by atoms with van der Waals surface area (Å²) in [6, 6.07) is 13.2. The number of fused-ring (bicyclic) bond motifs is 1. The molecule has 114 valence electrons. The van der Waals surface area contributed by atoms with Gasteiger partial charge in [-0.15, -0.1) is 0 Å². The number of anilines is 1. The lowest BCUT2D eigenvalue weighted by molar-refractivity contribution is -0.118. The van der Waals surface area contributed by atoms with E-state index in [1.54, 1.807) is 0 Å². The molecule has 2 aromatic rings. The summed E-state index contributed by atoms with van der Waals surface area (Å²) in [7, 11) is 2.13. The van der Waals surface area contributed by atoms with Crippen LogP contribution in [-0.2, 0) is 24.2 Å². The van der Waals surface area contributed by atoms with Crippen molar-refractivity contribution in [3.8, 4) is 0 Å². The Morgan fingerprint density at radius 2 is 1.77 bits per heavy atom. The molecule has 0 aromatic heterocycles. The zero-order valence-corrected chi connectivity index (χ0v) is 13.6. The summed E-state index contributed by atoms with van der Waals surface area (Å²) in [6.07, 6.45) is 2.21. The molecule has 0 atom stereocenters. The number of benzene rings is 2. The maximum absolute atomic E-state index is 11.5. The maximum Gasteiger partial charge on any atom is 0.137 e. The highest BCUT2D eigenvalue weighted by Crippen LogP contribution is 2.23. The predicted octanol–water partition coefficient (Wildman–Crippen LogP) is 4.00. The lowest BCUT2D eigenvalue weighted by Crippen LogP contribution is -2.18. The van der Waals surface area contributed by atoms with Gasteiger partial charge in [-0.1, -0.05) is 24.3 Å². The van der Waals surface area contributed by atoms with Crippen LogP contribution in [0.4, 0.5) is 5.69 Å². The van der Waals surface area contributed by atoms with Crippen LogP contribution < -0.4 is 4.90 Å². The molecular weight excluding hydrogens is 270 g/mol. The number of nitrogens with zero attached hydrogens (tertiary/aromatic N) is 1. The molecule has 2 aromatic carbocycles. The van der Waals surface area contributed by atoms with E-state index in [0.29, 0.717) is 18.6 Å². The highest BCUT2D eigenvalue weighted by atomic mass is 16.1. The van der Waals surface area contributed by atoms with E-state index in [-0.39, 0.29) is 0 Å². The van der Waals surface area contributed by atoms with E-state index in [2.05, 4.69) is 62.2 Å². The van der Waals surface area contributed by atoms with Gasteiger partial charge in [0.1, 0.15) is 5.78 Å². The van der Waals surface area contributed by atoms with Crippen molar-refractivity contribution in [3.63, 3.8) is 0 Å². The van der Waals surface area contributed by atoms with Crippen molar-refractivity contribution in [2.75, 3.05) is 11.9 Å². The van der Waals surface area contributed by atoms with Gasteiger partial charge in [0.05, 0.1) is 0 Å². The Hall–Kier alpha value is -2.09. The van der Waals surface area contributed by atoms with Gasteiger partial charge in [0.15, 0.2) is 0 Å². The Bertz CT molecular complexity index is 718. The summed E-state index contributed by atoms with van der Waals surface area (Å²) in [5, 5.41) is 0. The lowest BCUT2D eigenvalue weighted by atomic mass is 9.89. The molecule has 0 bridgehead atoms. The third kappa shape index (κ3) is 3.06. The van der Waals surface area contributed by atoms with E-state index in [1.165, 1.54) is 33.5 Å². The first kappa shape index (κ1) is 14.8. The van der Waals surface area contributed by atoms with Gasteiger partial charge in [-0.2, -0.15) is 0 Å². The summed E-state index contributed by atoms with van der Waals surface area (Å²) in [5.74, 6) is 0.368. The van der Waals surface area contributed by atoms with Crippen LogP contribution in [0.2, 0.25) is 0 Å². The van der Waals surface area contributed by atoms with E-state index in [4.69, 9.17) is 0 Å². The molecule has 0 radical (unpaired) electrons. The lowest BCUT2D eigenvalue weighted by Gasteiger charge is -2.22. The third-order valence-electron chi connectivity index (χ3n) is 4.68. The van der Waals surface area contributed by atoms with E-state index < -0.39 is 0 Å². The average molecular weight is 293 g/mol. The third-order valence-corrected chi connectivity index (χ3v) is 4.68. The zero-order valence-electron chi connectivity index (χ0n) is 13.6. The van der Waals surface area contributed by atoms with Crippen LogP contribution in [0.15, 0.2) is 36.4 Å². The molecule has 0 saturated carbocycles. The van der Waals surface area contributed by atoms with Gasteiger partial charge >= 0.3 is 0 Å². The fraction of sp³-hybridized carbons (Fsp3) is 0.350. The molecule has 0 unspecified atom stereocenters. The van der Waals surface area contributed by atoms with Gasteiger partial charge in [0.25, 0.3) is 0 Å². The maximum atomic E-state index is 11.5. The standard InChI is InChI=1S/C20H23NO/c1-14-4-8-19(10-15(14)2)21(3)13-16-5-6-18-12-20(22)9-7-17(18)11-16/h4-6,8,10-11H,7,9,12-13H2,1-3H3. The van der Waals surface area contributed by atoms with E-state index in [1.807, 2.05) is 0 Å². The van der Waals surface area contributed by atoms with Crippen molar-refractivity contribution in [1.29, 1.82) is 0 Å². The van der Waals surface area contributed by atoms with Crippen molar-refractivity contribution < 1.29 is 4.79 Å². The van der Waals surface area contributed by atoms with Crippen LogP contribution in [0.5, 0.6) is 0 Å². The first-order valence-corrected chi connectivity index (χ1v) is 7.94. The molecule has 1 aliphatic rings. The molecule has 1 aliphatic carbocycles. The SMILES string of the molecule is Cc1ccc(N(C)Cc2ccc3c(c2)CCC(=O)C3)cc1C. The largest absolute Gasteiger partial charge is 0.370 e. The highest BCUT2D eigenvalue weighted by molar-refractivity contribution is 5.83. The van der Waals surface area contributed by atoms with E-state index in [0.717, 1.165) is 13.0 Å². The number of hydrogen-bond acceptors (Lipinski definition) is 2. The number of hydrogen-bond donors (Lipinski definition) is 0. The number of rotatable bonds is 3. The highest BCUT2D eigenvalue weighted by Gasteiger charge is 2.16. The van der Waals surface area contributed by atoms with E-state index in [9.17, 15) is 4.79 Å². The minimum Gasteiger partial charge on any atom is -0.370 e. The molecule has 2 heteroatoms. The van der Waals surface area contributed by atoms with Crippen molar-refractivity contribution in [2.24, 2.45) is 0 Å². The van der Waals surface area contributed by atoms with Crippen LogP contribution in [0, 0.1) is 13.8 Å². The van der Waals surface area contributed by atoms with Crippen LogP contribution in [0.25, 0.3) is 0 Å². The smallest absolute Gasteiger partial charge is 0.137 e. The van der Waals surface area contributed by atoms with Gasteiger partial charge in [0, 0.05) is 32.1 Å². The molecule has 0 N–H and O–H groups in total. The molecule has 0 heterocycles. The van der Waals surface area contributed by atoms with Crippen LogP contribution in [0.1, 0.15) is 34.2 Å². The number of aryl methyl sites for hydroxylation is 3. The molecular formula is C20H23NO. The summed E-state index contributed by atoms with van der Waals surface area (Å²) in [6.45, 7) is 5.19. The molecule has 0 spiro atoms. The van der Waals surface area contributed by atoms with Crippen LogP contribution in [0.3, 0.4) is 0 Å². The number of Topliss-reactive ketones (excluding diaryl/α,β-unsaturated/α-hetero) is 1. The normalized spacial score (nSPS) is 13.9. The summed E-state index contributed by atoms with van der Waals surface area (Å²) >= 11 is 0. The van der Waals surface area contributed by atoms with Gasteiger partial charge in [-0.05, 0) is 60.2 Å². The molecule has 0 amide bonds. The Labute approximate surface area is 132 Å². The second-order valence-corrected chi connectivity index (χ2v) is 6.44. The van der Waals surface area contributed by atoms with Gasteiger partial charge in [0.2, 0.25) is 0 Å². The zero-order chi connectivity index (χ0) is 15.7. The Balaban J connectivity index is 1.78. The minimum atomic E-state index is 0.368. The first-order chi connectivity index (χ1) is 10.5. The Kier molecular flexibility index (Phi) is 4.02. The quantitative estimate of drug-likeness (QED) is 0.852. The average Bonchev–Trinajstić information content (AvgIpc) is 2.50. The summed E-state index contributed by atoms with van der Waals surface area (Å²) in [4.78, 5) is 13.8. The first-order valence-electron chi connectivity index (χ1n) is 7.94. The number of ketones is 1.